The molecule has 26 heavy (non-hydrogen) atoms. The van der Waals surface area contributed by atoms with Gasteiger partial charge in [-0.3, -0.25) is 0 Å². The standard InChI is InChI=1S/C22H34N2OS/c1-18-10-7-8-11-19(18)16-24(17-21-14-9-15-25-21)22(26)23-20-12-5-3-2-4-6-13-20/h7-8,10-11,20-21H,2-6,9,12-17H2,1H3,(H,23,26). The Labute approximate surface area is 164 Å². The predicted molar refractivity (Wildman–Crippen MR) is 112 cm³/mol. The first-order valence-corrected chi connectivity index (χ1v) is 10.8. The van der Waals surface area contributed by atoms with E-state index in [1.54, 1.807) is 0 Å². The summed E-state index contributed by atoms with van der Waals surface area (Å²) in [6.07, 6.45) is 11.9. The lowest BCUT2D eigenvalue weighted by molar-refractivity contribution is 0.0894. The van der Waals surface area contributed by atoms with E-state index in [1.165, 1.54) is 62.5 Å². The smallest absolute Gasteiger partial charge is 0.169 e. The molecule has 1 saturated carbocycles. The molecule has 1 aromatic carbocycles. The van der Waals surface area contributed by atoms with E-state index in [2.05, 4.69) is 41.4 Å². The number of benzene rings is 1. The lowest BCUT2D eigenvalue weighted by atomic mass is 9.97. The van der Waals surface area contributed by atoms with Gasteiger partial charge in [-0.2, -0.15) is 0 Å². The molecule has 0 amide bonds. The zero-order chi connectivity index (χ0) is 18.2. The highest BCUT2D eigenvalue weighted by Crippen LogP contribution is 2.20. The van der Waals surface area contributed by atoms with Gasteiger partial charge in [0.2, 0.25) is 0 Å². The lowest BCUT2D eigenvalue weighted by Gasteiger charge is -2.32. The van der Waals surface area contributed by atoms with Crippen molar-refractivity contribution in [2.75, 3.05) is 13.2 Å². The van der Waals surface area contributed by atoms with Crippen LogP contribution in [0.15, 0.2) is 24.3 Å². The van der Waals surface area contributed by atoms with Gasteiger partial charge >= 0.3 is 0 Å². The van der Waals surface area contributed by atoms with E-state index in [1.807, 2.05) is 0 Å². The van der Waals surface area contributed by atoms with Crippen molar-refractivity contribution in [3.05, 3.63) is 35.4 Å². The minimum atomic E-state index is 0.316. The number of nitrogens with zero attached hydrogens (tertiary/aromatic N) is 1. The molecule has 144 valence electrons. The molecule has 1 aromatic rings. The van der Waals surface area contributed by atoms with E-state index in [4.69, 9.17) is 17.0 Å². The number of hydrogen-bond acceptors (Lipinski definition) is 2. The van der Waals surface area contributed by atoms with E-state index < -0.39 is 0 Å². The molecule has 1 heterocycles. The Morgan fingerprint density at radius 1 is 1.08 bits per heavy atom. The van der Waals surface area contributed by atoms with Crippen molar-refractivity contribution in [2.45, 2.75) is 83.4 Å². The molecular formula is C22H34N2OS. The monoisotopic (exact) mass is 374 g/mol. The normalized spacial score (nSPS) is 21.8. The summed E-state index contributed by atoms with van der Waals surface area (Å²) in [5, 5.41) is 4.61. The maximum absolute atomic E-state index is 5.90. The zero-order valence-electron chi connectivity index (χ0n) is 16.2. The fourth-order valence-electron chi connectivity index (χ4n) is 4.11. The third-order valence-electron chi connectivity index (χ3n) is 5.79. The van der Waals surface area contributed by atoms with Crippen molar-refractivity contribution in [2.24, 2.45) is 0 Å². The van der Waals surface area contributed by atoms with Crippen molar-refractivity contribution >= 4 is 17.3 Å². The molecule has 0 aromatic heterocycles. The first kappa shape index (κ1) is 19.6. The Kier molecular flexibility index (Phi) is 7.75. The summed E-state index contributed by atoms with van der Waals surface area (Å²) in [5.41, 5.74) is 2.69. The first-order valence-electron chi connectivity index (χ1n) is 10.4. The Morgan fingerprint density at radius 2 is 1.81 bits per heavy atom. The van der Waals surface area contributed by atoms with Crippen LogP contribution in [0.1, 0.15) is 68.9 Å². The maximum Gasteiger partial charge on any atom is 0.169 e. The molecule has 1 aliphatic carbocycles. The predicted octanol–water partition coefficient (Wildman–Crippen LogP) is 4.96. The summed E-state index contributed by atoms with van der Waals surface area (Å²) in [4.78, 5) is 2.34. The van der Waals surface area contributed by atoms with Crippen LogP contribution in [0.2, 0.25) is 0 Å². The number of hydrogen-bond donors (Lipinski definition) is 1. The zero-order valence-corrected chi connectivity index (χ0v) is 17.0. The largest absolute Gasteiger partial charge is 0.376 e. The number of rotatable bonds is 5. The number of nitrogens with one attached hydrogen (secondary N) is 1. The average molecular weight is 375 g/mol. The second kappa shape index (κ2) is 10.3. The molecular weight excluding hydrogens is 340 g/mol. The average Bonchev–Trinajstić information content (AvgIpc) is 3.11. The van der Waals surface area contributed by atoms with Crippen LogP contribution in [0.4, 0.5) is 0 Å². The summed E-state index contributed by atoms with van der Waals surface area (Å²) in [7, 11) is 0. The first-order chi connectivity index (χ1) is 12.7. The van der Waals surface area contributed by atoms with E-state index >= 15 is 0 Å². The minimum absolute atomic E-state index is 0.316. The van der Waals surface area contributed by atoms with Crippen molar-refractivity contribution < 1.29 is 4.74 Å². The quantitative estimate of drug-likeness (QED) is 0.736. The van der Waals surface area contributed by atoms with Gasteiger partial charge in [0.15, 0.2) is 5.11 Å². The second-order valence-electron chi connectivity index (χ2n) is 7.93. The van der Waals surface area contributed by atoms with Crippen molar-refractivity contribution in [3.63, 3.8) is 0 Å². The van der Waals surface area contributed by atoms with Gasteiger partial charge in [-0.25, -0.2) is 0 Å². The molecule has 2 fully saturated rings. The number of thiocarbonyl (C=S) groups is 1. The summed E-state index contributed by atoms with van der Waals surface area (Å²) >= 11 is 5.87. The van der Waals surface area contributed by atoms with E-state index in [-0.39, 0.29) is 0 Å². The van der Waals surface area contributed by atoms with Crippen LogP contribution in [-0.2, 0) is 11.3 Å². The second-order valence-corrected chi connectivity index (χ2v) is 8.32. The highest BCUT2D eigenvalue weighted by molar-refractivity contribution is 7.80. The third kappa shape index (κ3) is 5.95. The van der Waals surface area contributed by atoms with Gasteiger partial charge in [0, 0.05) is 25.7 Å². The van der Waals surface area contributed by atoms with Gasteiger partial charge in [0.25, 0.3) is 0 Å². The molecule has 3 nitrogen and oxygen atoms in total. The van der Waals surface area contributed by atoms with Crippen LogP contribution in [0.3, 0.4) is 0 Å². The molecule has 1 atom stereocenters. The topological polar surface area (TPSA) is 24.5 Å². The van der Waals surface area contributed by atoms with Gasteiger partial charge in [0.1, 0.15) is 0 Å². The molecule has 0 bridgehead atoms. The van der Waals surface area contributed by atoms with Gasteiger partial charge < -0.3 is 15.0 Å². The van der Waals surface area contributed by atoms with Gasteiger partial charge in [-0.05, 0) is 56.0 Å². The third-order valence-corrected chi connectivity index (χ3v) is 6.17. The molecule has 1 unspecified atom stereocenters. The van der Waals surface area contributed by atoms with Gasteiger partial charge in [-0.15, -0.1) is 0 Å². The SMILES string of the molecule is Cc1ccccc1CN(CC1CCCO1)C(=S)NC1CCCCCCC1. The molecule has 1 aliphatic heterocycles. The van der Waals surface area contributed by atoms with Crippen LogP contribution in [0.25, 0.3) is 0 Å². The summed E-state index contributed by atoms with van der Waals surface area (Å²) in [6, 6.07) is 9.17. The Bertz CT molecular complexity index is 563. The van der Waals surface area contributed by atoms with Crippen LogP contribution < -0.4 is 5.32 Å². The van der Waals surface area contributed by atoms with Crippen molar-refractivity contribution in [3.8, 4) is 0 Å². The van der Waals surface area contributed by atoms with Crippen molar-refractivity contribution in [1.82, 2.24) is 10.2 Å². The molecule has 0 spiro atoms. The Hall–Kier alpha value is -1.13. The van der Waals surface area contributed by atoms with E-state index in [0.717, 1.165) is 31.2 Å². The molecule has 0 radical (unpaired) electrons. The molecule has 1 saturated heterocycles. The number of aryl methyl sites for hydroxylation is 1. The summed E-state index contributed by atoms with van der Waals surface area (Å²) < 4.78 is 5.90. The van der Waals surface area contributed by atoms with E-state index in [0.29, 0.717) is 12.1 Å². The van der Waals surface area contributed by atoms with Gasteiger partial charge in [0.05, 0.1) is 6.10 Å². The highest BCUT2D eigenvalue weighted by Gasteiger charge is 2.23. The fraction of sp³-hybridized carbons (Fsp3) is 0.682. The number of ether oxygens (including phenoxy) is 1. The van der Waals surface area contributed by atoms with E-state index in [9.17, 15) is 0 Å². The summed E-state index contributed by atoms with van der Waals surface area (Å²) in [6.45, 7) is 4.84. The molecule has 2 aliphatic rings. The van der Waals surface area contributed by atoms with Crippen LogP contribution in [-0.4, -0.2) is 35.3 Å². The Morgan fingerprint density at radius 3 is 2.50 bits per heavy atom. The summed E-state index contributed by atoms with van der Waals surface area (Å²) in [5.74, 6) is 0. The van der Waals surface area contributed by atoms with Crippen LogP contribution in [0.5, 0.6) is 0 Å². The maximum atomic E-state index is 5.90. The molecule has 1 N–H and O–H groups in total. The van der Waals surface area contributed by atoms with Crippen LogP contribution in [0, 0.1) is 6.92 Å². The molecule has 4 heteroatoms. The fourth-order valence-corrected chi connectivity index (χ4v) is 4.42. The Balaban J connectivity index is 1.64. The lowest BCUT2D eigenvalue weighted by Crippen LogP contribution is -2.47. The minimum Gasteiger partial charge on any atom is -0.376 e. The van der Waals surface area contributed by atoms with Crippen molar-refractivity contribution in [1.29, 1.82) is 0 Å². The van der Waals surface area contributed by atoms with Crippen LogP contribution >= 0.6 is 12.2 Å². The van der Waals surface area contributed by atoms with Gasteiger partial charge in [-0.1, -0.05) is 56.4 Å². The highest BCUT2D eigenvalue weighted by atomic mass is 32.1. The molecule has 3 rings (SSSR count).